The smallest absolute Gasteiger partial charge is 0.320 e. The van der Waals surface area contributed by atoms with Crippen LogP contribution in [0.25, 0.3) is 0 Å². The van der Waals surface area contributed by atoms with Gasteiger partial charge in [0.25, 0.3) is 0 Å². The largest absolute Gasteiger partial charge is 0.480 e. The molecule has 0 aliphatic rings. The standard InChI is InChI=1S/C41H80N2O6/c1-4-6-8-10-12-14-16-18-20-22-24-26-28-30-34-48-40(46)37-42(3)32-33-43(36-39(44)45)38-41(47)49-35-31-29-27-25-23-21-19-17-15-13-11-9-7-5-2/h4-38H2,1-3H3,(H,44,45). The Morgan fingerprint density at radius 1 is 0.429 bits per heavy atom. The number of carbonyl (C=O) groups is 3. The van der Waals surface area contributed by atoms with Gasteiger partial charge >= 0.3 is 17.9 Å². The second-order valence-corrected chi connectivity index (χ2v) is 14.5. The molecule has 0 amide bonds. The average Bonchev–Trinajstić information content (AvgIpc) is 3.07. The summed E-state index contributed by atoms with van der Waals surface area (Å²) >= 11 is 0. The van der Waals surface area contributed by atoms with Gasteiger partial charge in [-0.15, -0.1) is 0 Å². The molecule has 49 heavy (non-hydrogen) atoms. The topological polar surface area (TPSA) is 96.4 Å². The number of hydrogen-bond acceptors (Lipinski definition) is 7. The number of ether oxygens (including phenoxy) is 2. The molecule has 0 fully saturated rings. The monoisotopic (exact) mass is 697 g/mol. The van der Waals surface area contributed by atoms with Crippen LogP contribution in [-0.4, -0.2) is 85.8 Å². The highest BCUT2D eigenvalue weighted by Crippen LogP contribution is 2.14. The first-order chi connectivity index (χ1) is 23.9. The third-order valence-electron chi connectivity index (χ3n) is 9.43. The van der Waals surface area contributed by atoms with Gasteiger partial charge in [-0.05, 0) is 19.9 Å². The van der Waals surface area contributed by atoms with Crippen molar-refractivity contribution < 1.29 is 29.0 Å². The van der Waals surface area contributed by atoms with Gasteiger partial charge in [0.15, 0.2) is 0 Å². The number of esters is 2. The Kier molecular flexibility index (Phi) is 36.3. The van der Waals surface area contributed by atoms with Crippen LogP contribution in [0.15, 0.2) is 0 Å². The maximum atomic E-state index is 12.4. The SMILES string of the molecule is CCCCCCCCCCCCCCCCOC(=O)CN(C)CCN(CC(=O)O)CC(=O)OCCCCCCCCCCCCCCCC. The van der Waals surface area contributed by atoms with Crippen molar-refractivity contribution in [1.82, 2.24) is 9.80 Å². The van der Waals surface area contributed by atoms with Crippen molar-refractivity contribution in [2.24, 2.45) is 0 Å². The van der Waals surface area contributed by atoms with Crippen molar-refractivity contribution in [3.05, 3.63) is 0 Å². The molecule has 1 N–H and O–H groups in total. The van der Waals surface area contributed by atoms with Crippen LogP contribution in [0.3, 0.4) is 0 Å². The van der Waals surface area contributed by atoms with E-state index in [4.69, 9.17) is 9.47 Å². The molecule has 0 unspecified atom stereocenters. The summed E-state index contributed by atoms with van der Waals surface area (Å²) < 4.78 is 10.8. The summed E-state index contributed by atoms with van der Waals surface area (Å²) in [6.07, 6.45) is 35.9. The quantitative estimate of drug-likeness (QED) is 0.0501. The van der Waals surface area contributed by atoms with Crippen LogP contribution in [0.5, 0.6) is 0 Å². The normalized spacial score (nSPS) is 11.4. The van der Waals surface area contributed by atoms with Crippen LogP contribution in [-0.2, 0) is 23.9 Å². The van der Waals surface area contributed by atoms with Crippen LogP contribution in [0.2, 0.25) is 0 Å². The van der Waals surface area contributed by atoms with E-state index in [2.05, 4.69) is 13.8 Å². The van der Waals surface area contributed by atoms with E-state index in [1.54, 1.807) is 11.9 Å². The minimum Gasteiger partial charge on any atom is -0.480 e. The van der Waals surface area contributed by atoms with Crippen LogP contribution >= 0.6 is 0 Å². The minimum atomic E-state index is -0.991. The molecule has 0 aliphatic heterocycles. The second kappa shape index (κ2) is 37.6. The molecule has 0 atom stereocenters. The summed E-state index contributed by atoms with van der Waals surface area (Å²) in [5.74, 6) is -1.66. The summed E-state index contributed by atoms with van der Waals surface area (Å²) in [4.78, 5) is 39.4. The van der Waals surface area contributed by atoms with Gasteiger partial charge in [0.1, 0.15) is 0 Å². The number of unbranched alkanes of at least 4 members (excludes halogenated alkanes) is 26. The Morgan fingerprint density at radius 3 is 1.06 bits per heavy atom. The highest BCUT2D eigenvalue weighted by atomic mass is 16.5. The van der Waals surface area contributed by atoms with Gasteiger partial charge in [-0.1, -0.05) is 181 Å². The van der Waals surface area contributed by atoms with E-state index in [0.717, 1.165) is 32.1 Å². The van der Waals surface area contributed by atoms with E-state index in [9.17, 15) is 19.5 Å². The average molecular weight is 697 g/mol. The molecule has 0 saturated carbocycles. The Bertz CT molecular complexity index is 750. The highest BCUT2D eigenvalue weighted by molar-refractivity contribution is 5.74. The van der Waals surface area contributed by atoms with Crippen LogP contribution in [0, 0.1) is 0 Å². The third-order valence-corrected chi connectivity index (χ3v) is 9.43. The van der Waals surface area contributed by atoms with Crippen molar-refractivity contribution in [2.75, 3.05) is 53.0 Å². The van der Waals surface area contributed by atoms with E-state index in [-0.39, 0.29) is 25.6 Å². The number of hydrogen-bond donors (Lipinski definition) is 1. The molecule has 0 saturated heterocycles. The molecular weight excluding hydrogens is 616 g/mol. The zero-order valence-corrected chi connectivity index (χ0v) is 32.6. The third kappa shape index (κ3) is 37.4. The molecule has 8 nitrogen and oxygen atoms in total. The molecule has 0 heterocycles. The molecule has 0 spiro atoms. The summed E-state index contributed by atoms with van der Waals surface area (Å²) in [5.41, 5.74) is 0. The van der Waals surface area contributed by atoms with Crippen LogP contribution < -0.4 is 0 Å². The number of rotatable bonds is 39. The zero-order valence-electron chi connectivity index (χ0n) is 32.6. The molecule has 0 radical (unpaired) electrons. The number of nitrogens with zero attached hydrogens (tertiary/aromatic N) is 2. The summed E-state index contributed by atoms with van der Waals surface area (Å²) in [6.45, 7) is 5.98. The lowest BCUT2D eigenvalue weighted by molar-refractivity contribution is -0.148. The van der Waals surface area contributed by atoms with Gasteiger partial charge in [-0.25, -0.2) is 0 Å². The fourth-order valence-corrected chi connectivity index (χ4v) is 6.26. The summed E-state index contributed by atoms with van der Waals surface area (Å²) in [5, 5.41) is 9.31. The fourth-order valence-electron chi connectivity index (χ4n) is 6.26. The molecule has 0 aromatic carbocycles. The fraction of sp³-hybridized carbons (Fsp3) is 0.927. The predicted molar refractivity (Wildman–Crippen MR) is 204 cm³/mol. The summed E-state index contributed by atoms with van der Waals surface area (Å²) in [6, 6.07) is 0. The van der Waals surface area contributed by atoms with E-state index in [0.29, 0.717) is 26.3 Å². The number of carbonyl (C=O) groups excluding carboxylic acids is 2. The maximum Gasteiger partial charge on any atom is 0.320 e. The first-order valence-corrected chi connectivity index (χ1v) is 20.8. The van der Waals surface area contributed by atoms with Gasteiger partial charge in [-0.2, -0.15) is 0 Å². The summed E-state index contributed by atoms with van der Waals surface area (Å²) in [7, 11) is 1.81. The van der Waals surface area contributed by atoms with Gasteiger partial charge < -0.3 is 14.6 Å². The molecule has 0 aliphatic carbocycles. The lowest BCUT2D eigenvalue weighted by atomic mass is 10.0. The van der Waals surface area contributed by atoms with E-state index in [1.807, 2.05) is 4.90 Å². The molecule has 0 rings (SSSR count). The van der Waals surface area contributed by atoms with Crippen molar-refractivity contribution in [3.8, 4) is 0 Å². The first-order valence-electron chi connectivity index (χ1n) is 20.8. The number of aliphatic carboxylic acids is 1. The van der Waals surface area contributed by atoms with Crippen LogP contribution in [0.4, 0.5) is 0 Å². The van der Waals surface area contributed by atoms with Crippen molar-refractivity contribution >= 4 is 17.9 Å². The van der Waals surface area contributed by atoms with Gasteiger partial charge in [0.2, 0.25) is 0 Å². The number of likely N-dealkylation sites (N-methyl/N-ethyl adjacent to an activating group) is 1. The molecule has 0 bridgehead atoms. The van der Waals surface area contributed by atoms with E-state index >= 15 is 0 Å². The molecule has 0 aromatic heterocycles. The zero-order chi connectivity index (χ0) is 36.0. The van der Waals surface area contributed by atoms with Crippen molar-refractivity contribution in [1.29, 1.82) is 0 Å². The second-order valence-electron chi connectivity index (χ2n) is 14.5. The lowest BCUT2D eigenvalue weighted by Crippen LogP contribution is -2.41. The lowest BCUT2D eigenvalue weighted by Gasteiger charge is -2.23. The minimum absolute atomic E-state index is 0.0671. The number of carboxylic acid groups (broad SMARTS) is 1. The van der Waals surface area contributed by atoms with Crippen LogP contribution in [0.1, 0.15) is 194 Å². The van der Waals surface area contributed by atoms with E-state index < -0.39 is 11.9 Å². The number of carboxylic acids is 1. The van der Waals surface area contributed by atoms with Crippen molar-refractivity contribution in [3.63, 3.8) is 0 Å². The maximum absolute atomic E-state index is 12.4. The van der Waals surface area contributed by atoms with Gasteiger partial charge in [0, 0.05) is 13.1 Å². The molecule has 290 valence electrons. The Labute approximate surface area is 302 Å². The van der Waals surface area contributed by atoms with E-state index in [1.165, 1.54) is 148 Å². The Hall–Kier alpha value is -1.67. The van der Waals surface area contributed by atoms with Gasteiger partial charge in [-0.3, -0.25) is 24.2 Å². The molecule has 0 aromatic rings. The molecule has 8 heteroatoms. The van der Waals surface area contributed by atoms with Crippen molar-refractivity contribution in [2.45, 2.75) is 194 Å². The Balaban J connectivity index is 3.79. The highest BCUT2D eigenvalue weighted by Gasteiger charge is 2.17. The van der Waals surface area contributed by atoms with Gasteiger partial charge in [0.05, 0.1) is 32.8 Å². The first kappa shape index (κ1) is 47.3. The Morgan fingerprint density at radius 2 is 0.735 bits per heavy atom. The molecular formula is C41H80N2O6. The predicted octanol–water partition coefficient (Wildman–Crippen LogP) is 10.4.